The Morgan fingerprint density at radius 3 is 2.33 bits per heavy atom. The molecule has 2 fully saturated rings. The van der Waals surface area contributed by atoms with Crippen molar-refractivity contribution >= 4 is 29.4 Å². The molecule has 0 aromatic heterocycles. The standard InChI is InChI=1S/C9H21N4O14P3/c10-4-7(11-2-12-8(4)16)13-9-6(15)5(14)3(25-9)1-24-29(20,21)27-30(22,23)26-28(17,18)19/h3-7,9,11,13-15H,1-2,10H2,(H,12,16)(H,20,21)(H,22,23)(H2,17,18,19)/t3-,4?,5-,6-,7?,9?/m1/s1. The second kappa shape index (κ2) is 9.64. The van der Waals surface area contributed by atoms with Gasteiger partial charge in [0.15, 0.2) is 0 Å². The molecule has 0 aromatic rings. The largest absolute Gasteiger partial charge is 0.490 e. The normalized spacial score (nSPS) is 36.7. The van der Waals surface area contributed by atoms with Crippen LogP contribution in [-0.2, 0) is 36.4 Å². The topological polar surface area (TPSA) is 289 Å². The predicted octanol–water partition coefficient (Wildman–Crippen LogP) is -4.30. The average molecular weight is 502 g/mol. The fourth-order valence-electron chi connectivity index (χ4n) is 2.48. The van der Waals surface area contributed by atoms with E-state index in [1.807, 2.05) is 0 Å². The van der Waals surface area contributed by atoms with Crippen LogP contribution in [0.15, 0.2) is 0 Å². The molecule has 11 N–H and O–H groups in total. The van der Waals surface area contributed by atoms with Gasteiger partial charge in [0, 0.05) is 0 Å². The molecule has 2 aliphatic heterocycles. The van der Waals surface area contributed by atoms with E-state index >= 15 is 0 Å². The van der Waals surface area contributed by atoms with Gasteiger partial charge in [-0.25, -0.2) is 13.7 Å². The zero-order chi connectivity index (χ0) is 22.9. The van der Waals surface area contributed by atoms with Crippen molar-refractivity contribution in [3.05, 3.63) is 0 Å². The van der Waals surface area contributed by atoms with E-state index in [2.05, 4.69) is 29.1 Å². The second-order valence-electron chi connectivity index (χ2n) is 6.06. The summed E-state index contributed by atoms with van der Waals surface area (Å²) in [4.78, 5) is 46.9. The smallest absolute Gasteiger partial charge is 0.387 e. The molecule has 30 heavy (non-hydrogen) atoms. The highest BCUT2D eigenvalue weighted by Gasteiger charge is 2.47. The fraction of sp³-hybridized carbons (Fsp3) is 0.889. The maximum absolute atomic E-state index is 11.7. The first-order valence-corrected chi connectivity index (χ1v) is 12.4. The van der Waals surface area contributed by atoms with Gasteiger partial charge >= 0.3 is 23.5 Å². The van der Waals surface area contributed by atoms with Crippen molar-refractivity contribution in [3.8, 4) is 0 Å². The Kier molecular flexibility index (Phi) is 8.32. The van der Waals surface area contributed by atoms with Gasteiger partial charge in [-0.3, -0.25) is 20.0 Å². The zero-order valence-corrected chi connectivity index (χ0v) is 17.4. The van der Waals surface area contributed by atoms with Crippen molar-refractivity contribution in [1.82, 2.24) is 16.0 Å². The molecule has 2 rings (SSSR count). The third kappa shape index (κ3) is 7.36. The van der Waals surface area contributed by atoms with Crippen LogP contribution < -0.4 is 21.7 Å². The van der Waals surface area contributed by atoms with E-state index in [9.17, 15) is 33.6 Å². The summed E-state index contributed by atoms with van der Waals surface area (Å²) in [6.07, 6.45) is -6.90. The lowest BCUT2D eigenvalue weighted by Crippen LogP contribution is -2.69. The van der Waals surface area contributed by atoms with Gasteiger partial charge in [0.05, 0.1) is 19.4 Å². The molecule has 5 unspecified atom stereocenters. The number of hydrogen-bond acceptors (Lipinski definition) is 13. The maximum Gasteiger partial charge on any atom is 0.490 e. The Balaban J connectivity index is 1.92. The molecule has 0 saturated carbocycles. The minimum Gasteiger partial charge on any atom is -0.387 e. The molecule has 2 saturated heterocycles. The van der Waals surface area contributed by atoms with Crippen molar-refractivity contribution in [2.24, 2.45) is 5.73 Å². The molecule has 0 radical (unpaired) electrons. The first-order valence-electron chi connectivity index (χ1n) is 7.93. The van der Waals surface area contributed by atoms with Crippen molar-refractivity contribution in [1.29, 1.82) is 0 Å². The number of amides is 1. The Bertz CT molecular complexity index is 778. The van der Waals surface area contributed by atoms with Gasteiger partial charge in [-0.05, 0) is 0 Å². The molecular formula is C9H21N4O14P3. The summed E-state index contributed by atoms with van der Waals surface area (Å²) in [5.41, 5.74) is 5.67. The number of aliphatic hydroxyl groups is 2. The summed E-state index contributed by atoms with van der Waals surface area (Å²) in [5.74, 6) is -0.497. The number of phosphoric ester groups is 1. The molecular weight excluding hydrogens is 481 g/mol. The third-order valence-electron chi connectivity index (χ3n) is 3.77. The number of carbonyl (C=O) groups excluding carboxylic acids is 1. The number of ether oxygens (including phenoxy) is 1. The Hall–Kier alpha value is -0.360. The van der Waals surface area contributed by atoms with Crippen LogP contribution >= 0.6 is 23.5 Å². The molecule has 0 aliphatic carbocycles. The lowest BCUT2D eigenvalue weighted by Gasteiger charge is -2.32. The molecule has 0 aromatic carbocycles. The number of phosphoric acid groups is 3. The Morgan fingerprint density at radius 2 is 1.73 bits per heavy atom. The van der Waals surface area contributed by atoms with Crippen molar-refractivity contribution in [3.63, 3.8) is 0 Å². The summed E-state index contributed by atoms with van der Waals surface area (Å²) >= 11 is 0. The van der Waals surface area contributed by atoms with Crippen LogP contribution in [0.4, 0.5) is 0 Å². The summed E-state index contributed by atoms with van der Waals surface area (Å²) in [6.45, 7) is -0.907. The van der Waals surface area contributed by atoms with E-state index in [0.29, 0.717) is 0 Å². The predicted molar refractivity (Wildman–Crippen MR) is 91.5 cm³/mol. The van der Waals surface area contributed by atoms with Gasteiger partial charge in [-0.15, -0.1) is 0 Å². The Morgan fingerprint density at radius 1 is 1.10 bits per heavy atom. The first-order chi connectivity index (χ1) is 13.6. The van der Waals surface area contributed by atoms with Crippen LogP contribution in [0.2, 0.25) is 0 Å². The number of aliphatic hydroxyl groups excluding tert-OH is 2. The molecule has 0 bridgehead atoms. The quantitative estimate of drug-likeness (QED) is 0.133. The maximum atomic E-state index is 11.7. The lowest BCUT2D eigenvalue weighted by molar-refractivity contribution is -0.126. The molecule has 21 heteroatoms. The highest BCUT2D eigenvalue weighted by Crippen LogP contribution is 2.66. The van der Waals surface area contributed by atoms with Crippen molar-refractivity contribution in [2.75, 3.05) is 13.3 Å². The minimum absolute atomic E-state index is 0.0606. The van der Waals surface area contributed by atoms with E-state index in [-0.39, 0.29) is 6.67 Å². The molecule has 1 amide bonds. The van der Waals surface area contributed by atoms with Crippen LogP contribution in [0, 0.1) is 0 Å². The number of hydrogen-bond donors (Lipinski definition) is 10. The molecule has 2 aliphatic rings. The van der Waals surface area contributed by atoms with Gasteiger partial charge in [-0.1, -0.05) is 0 Å². The molecule has 8 atom stereocenters. The highest BCUT2D eigenvalue weighted by atomic mass is 31.3. The summed E-state index contributed by atoms with van der Waals surface area (Å²) in [7, 11) is -16.7. The number of carbonyl (C=O) groups is 1. The van der Waals surface area contributed by atoms with Crippen LogP contribution in [0.5, 0.6) is 0 Å². The van der Waals surface area contributed by atoms with Gasteiger partial charge in [0.2, 0.25) is 5.91 Å². The molecule has 18 nitrogen and oxygen atoms in total. The average Bonchev–Trinajstić information content (AvgIpc) is 2.82. The molecule has 0 spiro atoms. The van der Waals surface area contributed by atoms with Gasteiger partial charge in [-0.2, -0.15) is 8.62 Å². The number of rotatable bonds is 9. The van der Waals surface area contributed by atoms with Gasteiger partial charge in [0.1, 0.15) is 30.6 Å². The lowest BCUT2D eigenvalue weighted by atomic mass is 10.1. The minimum atomic E-state index is -5.70. The zero-order valence-electron chi connectivity index (χ0n) is 14.7. The van der Waals surface area contributed by atoms with Crippen LogP contribution in [0.3, 0.4) is 0 Å². The van der Waals surface area contributed by atoms with Crippen molar-refractivity contribution < 1.29 is 66.2 Å². The number of nitrogens with two attached hydrogens (primary N) is 1. The summed E-state index contributed by atoms with van der Waals surface area (Å²) in [6, 6.07) is -1.07. The van der Waals surface area contributed by atoms with Crippen LogP contribution in [0.25, 0.3) is 0 Å². The number of nitrogens with one attached hydrogen (secondary N) is 3. The van der Waals surface area contributed by atoms with E-state index < -0.39 is 72.7 Å². The monoisotopic (exact) mass is 502 g/mol. The molecule has 176 valence electrons. The highest BCUT2D eigenvalue weighted by molar-refractivity contribution is 7.66. The van der Waals surface area contributed by atoms with Crippen LogP contribution in [-0.4, -0.2) is 85.7 Å². The fourth-order valence-corrected chi connectivity index (χ4v) is 5.51. The van der Waals surface area contributed by atoms with Gasteiger partial charge in [0.25, 0.3) is 0 Å². The summed E-state index contributed by atoms with van der Waals surface area (Å²) < 4.78 is 50.2. The van der Waals surface area contributed by atoms with E-state index in [4.69, 9.17) is 25.2 Å². The Labute approximate surface area is 168 Å². The summed E-state index contributed by atoms with van der Waals surface area (Å²) in [5, 5.41) is 27.8. The SMILES string of the molecule is NC1C(=O)NCNC1NC1O[C@H](COP(=O)(O)OP(=O)(O)OP(=O)(O)O)[C@@H](O)[C@H]1O. The first kappa shape index (κ1) is 25.9. The molecule has 2 heterocycles. The van der Waals surface area contributed by atoms with E-state index in [1.54, 1.807) is 0 Å². The van der Waals surface area contributed by atoms with Crippen LogP contribution in [0.1, 0.15) is 0 Å². The third-order valence-corrected chi connectivity index (χ3v) is 7.57. The van der Waals surface area contributed by atoms with Gasteiger partial charge < -0.3 is 45.6 Å². The van der Waals surface area contributed by atoms with E-state index in [1.165, 1.54) is 0 Å². The second-order valence-corrected chi connectivity index (χ2v) is 10.5. The van der Waals surface area contributed by atoms with E-state index in [0.717, 1.165) is 0 Å². The van der Waals surface area contributed by atoms with Crippen molar-refractivity contribution in [2.45, 2.75) is 36.7 Å².